The number of rotatable bonds is 2. The normalized spacial score (nSPS) is 13.8. The predicted molar refractivity (Wildman–Crippen MR) is 200 cm³/mol. The van der Waals surface area contributed by atoms with Gasteiger partial charge in [-0.1, -0.05) is 129 Å². The minimum Gasteiger partial charge on any atom is -0.308 e. The third kappa shape index (κ3) is 3.23. The molecule has 0 aliphatic heterocycles. The molecule has 3 aromatic heterocycles. The molecular formula is C45H29N3. The first-order valence-corrected chi connectivity index (χ1v) is 16.7. The molecule has 7 aromatic carbocycles. The zero-order valence-corrected chi connectivity index (χ0v) is 26.6. The molecule has 3 heteroatoms. The molecular weight excluding hydrogens is 583 g/mol. The van der Waals surface area contributed by atoms with E-state index in [2.05, 4.69) is 152 Å². The van der Waals surface area contributed by atoms with E-state index >= 15 is 0 Å². The molecule has 0 fully saturated rings. The molecule has 0 amide bonds. The predicted octanol–water partition coefficient (Wildman–Crippen LogP) is 11.6. The fraction of sp³-hybridized carbons (Fsp3) is 0.0667. The van der Waals surface area contributed by atoms with Crippen LogP contribution in [0, 0.1) is 0 Å². The van der Waals surface area contributed by atoms with Gasteiger partial charge in [-0.2, -0.15) is 0 Å². The first kappa shape index (κ1) is 26.1. The van der Waals surface area contributed by atoms with Crippen molar-refractivity contribution in [1.82, 2.24) is 14.4 Å². The Morgan fingerprint density at radius 1 is 0.521 bits per heavy atom. The Labute approximate surface area is 277 Å². The van der Waals surface area contributed by atoms with Crippen molar-refractivity contribution in [2.45, 2.75) is 19.3 Å². The van der Waals surface area contributed by atoms with E-state index in [0.29, 0.717) is 0 Å². The Morgan fingerprint density at radius 3 is 2.12 bits per heavy atom. The van der Waals surface area contributed by atoms with Gasteiger partial charge in [-0.05, 0) is 56.9 Å². The van der Waals surface area contributed by atoms with Crippen molar-refractivity contribution in [2.75, 3.05) is 0 Å². The lowest BCUT2D eigenvalue weighted by Gasteiger charge is -2.23. The number of para-hydroxylation sites is 2. The second-order valence-electron chi connectivity index (χ2n) is 13.8. The van der Waals surface area contributed by atoms with Gasteiger partial charge in [0.05, 0.1) is 27.9 Å². The summed E-state index contributed by atoms with van der Waals surface area (Å²) in [6.45, 7) is 4.82. The van der Waals surface area contributed by atoms with E-state index in [4.69, 9.17) is 9.97 Å². The molecule has 3 nitrogen and oxygen atoms in total. The summed E-state index contributed by atoms with van der Waals surface area (Å²) in [6, 6.07) is 50.4. The highest BCUT2D eigenvalue weighted by Crippen LogP contribution is 2.57. The van der Waals surface area contributed by atoms with Crippen molar-refractivity contribution in [3.05, 3.63) is 151 Å². The highest BCUT2D eigenvalue weighted by molar-refractivity contribution is 6.28. The molecule has 48 heavy (non-hydrogen) atoms. The van der Waals surface area contributed by atoms with E-state index in [1.807, 2.05) is 6.07 Å². The number of hydrogen-bond donors (Lipinski definition) is 0. The van der Waals surface area contributed by atoms with Crippen LogP contribution in [0.1, 0.15) is 25.0 Å². The van der Waals surface area contributed by atoms with Crippen LogP contribution in [0.2, 0.25) is 0 Å². The van der Waals surface area contributed by atoms with Gasteiger partial charge in [-0.15, -0.1) is 0 Å². The number of benzene rings is 7. The molecule has 0 N–H and O–H groups in total. The summed E-state index contributed by atoms with van der Waals surface area (Å²) in [5, 5.41) is 10.2. The van der Waals surface area contributed by atoms with Crippen molar-refractivity contribution >= 4 is 59.6 Å². The zero-order chi connectivity index (χ0) is 31.7. The van der Waals surface area contributed by atoms with Crippen LogP contribution < -0.4 is 0 Å². The first-order valence-electron chi connectivity index (χ1n) is 16.7. The molecule has 11 rings (SSSR count). The SMILES string of the molecule is CC1(C)c2c(ccc3cc(-c4nc(-c5ccccc5)c5ccccc5n4)ccc23)-c2c1c1cc3ccccc3c3c4ccccc4n2c13. The Morgan fingerprint density at radius 2 is 1.25 bits per heavy atom. The van der Waals surface area contributed by atoms with Crippen molar-refractivity contribution in [2.24, 2.45) is 0 Å². The standard InChI is InChI=1S/C45H29N3/c1-45(2)39-31-22-21-29(44-46-36-18-10-8-16-32(36)41(47-44)26-12-4-3-5-13-26)24-28(31)20-23-34(39)43-40(45)35-25-27-14-6-7-15-30(27)38-33-17-9-11-19-37(33)48(43)42(35)38/h3-25H,1-2H3. The Hall–Kier alpha value is -6.06. The van der Waals surface area contributed by atoms with Gasteiger partial charge < -0.3 is 4.40 Å². The van der Waals surface area contributed by atoms with Gasteiger partial charge in [-0.3, -0.25) is 0 Å². The summed E-state index contributed by atoms with van der Waals surface area (Å²) in [5.74, 6) is 0.747. The van der Waals surface area contributed by atoms with Crippen molar-refractivity contribution in [3.63, 3.8) is 0 Å². The molecule has 0 radical (unpaired) electrons. The number of hydrogen-bond acceptors (Lipinski definition) is 2. The maximum absolute atomic E-state index is 5.17. The van der Waals surface area contributed by atoms with Gasteiger partial charge in [-0.25, -0.2) is 9.97 Å². The molecule has 0 unspecified atom stereocenters. The zero-order valence-electron chi connectivity index (χ0n) is 26.6. The number of fused-ring (bicyclic) bond motifs is 13. The number of aromatic nitrogens is 3. The fourth-order valence-corrected chi connectivity index (χ4v) is 8.88. The van der Waals surface area contributed by atoms with Gasteiger partial charge in [0, 0.05) is 43.7 Å². The van der Waals surface area contributed by atoms with Crippen LogP contribution in [0.15, 0.2) is 140 Å². The molecule has 0 saturated carbocycles. The van der Waals surface area contributed by atoms with Gasteiger partial charge in [0.25, 0.3) is 0 Å². The summed E-state index contributed by atoms with van der Waals surface area (Å²) in [7, 11) is 0. The van der Waals surface area contributed by atoms with Gasteiger partial charge in [0.15, 0.2) is 5.82 Å². The molecule has 10 aromatic rings. The molecule has 1 aliphatic carbocycles. The monoisotopic (exact) mass is 611 g/mol. The van der Waals surface area contributed by atoms with Crippen LogP contribution in [-0.4, -0.2) is 14.4 Å². The van der Waals surface area contributed by atoms with E-state index in [-0.39, 0.29) is 5.41 Å². The van der Waals surface area contributed by atoms with Gasteiger partial charge in [0.1, 0.15) is 0 Å². The van der Waals surface area contributed by atoms with Crippen LogP contribution in [0.25, 0.3) is 93.5 Å². The highest BCUT2D eigenvalue weighted by Gasteiger charge is 2.42. The summed E-state index contributed by atoms with van der Waals surface area (Å²) >= 11 is 0. The smallest absolute Gasteiger partial charge is 0.160 e. The number of nitrogens with zero attached hydrogens (tertiary/aromatic N) is 3. The lowest BCUT2D eigenvalue weighted by molar-refractivity contribution is 0.672. The highest BCUT2D eigenvalue weighted by atomic mass is 14.9. The van der Waals surface area contributed by atoms with Gasteiger partial charge >= 0.3 is 0 Å². The van der Waals surface area contributed by atoms with Crippen LogP contribution in [0.3, 0.4) is 0 Å². The lowest BCUT2D eigenvalue weighted by atomic mass is 9.79. The van der Waals surface area contributed by atoms with Crippen molar-refractivity contribution < 1.29 is 0 Å². The molecule has 3 heterocycles. The maximum atomic E-state index is 5.17. The van der Waals surface area contributed by atoms with Crippen LogP contribution in [0.5, 0.6) is 0 Å². The molecule has 224 valence electrons. The van der Waals surface area contributed by atoms with Crippen LogP contribution in [-0.2, 0) is 5.41 Å². The summed E-state index contributed by atoms with van der Waals surface area (Å²) in [6.07, 6.45) is 0. The lowest BCUT2D eigenvalue weighted by Crippen LogP contribution is -2.15. The second-order valence-corrected chi connectivity index (χ2v) is 13.8. The van der Waals surface area contributed by atoms with E-state index < -0.39 is 0 Å². The largest absolute Gasteiger partial charge is 0.308 e. The summed E-state index contributed by atoms with van der Waals surface area (Å²) in [4.78, 5) is 10.2. The summed E-state index contributed by atoms with van der Waals surface area (Å²) < 4.78 is 2.56. The Balaban J connectivity index is 1.17. The third-order valence-electron chi connectivity index (χ3n) is 10.8. The maximum Gasteiger partial charge on any atom is 0.160 e. The fourth-order valence-electron chi connectivity index (χ4n) is 8.88. The van der Waals surface area contributed by atoms with Gasteiger partial charge in [0.2, 0.25) is 0 Å². The van der Waals surface area contributed by atoms with Crippen molar-refractivity contribution in [3.8, 4) is 33.9 Å². The minimum atomic E-state index is -0.193. The van der Waals surface area contributed by atoms with Crippen LogP contribution >= 0.6 is 0 Å². The molecule has 1 aliphatic rings. The molecule has 0 atom stereocenters. The quantitative estimate of drug-likeness (QED) is 0.195. The molecule has 0 spiro atoms. The topological polar surface area (TPSA) is 30.2 Å². The van der Waals surface area contributed by atoms with E-state index in [1.54, 1.807) is 0 Å². The molecule has 0 saturated heterocycles. The average molecular weight is 612 g/mol. The van der Waals surface area contributed by atoms with E-state index in [1.165, 1.54) is 71.1 Å². The third-order valence-corrected chi connectivity index (χ3v) is 10.8. The summed E-state index contributed by atoms with van der Waals surface area (Å²) in [5.41, 5.74) is 11.9. The first-order chi connectivity index (χ1) is 23.6. The van der Waals surface area contributed by atoms with Crippen LogP contribution in [0.4, 0.5) is 0 Å². The van der Waals surface area contributed by atoms with E-state index in [9.17, 15) is 0 Å². The minimum absolute atomic E-state index is 0.193. The average Bonchev–Trinajstić information content (AvgIpc) is 3.74. The Kier molecular flexibility index (Phi) is 4.91. The molecule has 0 bridgehead atoms. The second kappa shape index (κ2) is 9.05. The van der Waals surface area contributed by atoms with Crippen molar-refractivity contribution in [1.29, 1.82) is 0 Å². The Bertz CT molecular complexity index is 2970. The van der Waals surface area contributed by atoms with E-state index in [0.717, 1.165) is 33.5 Å².